The quantitative estimate of drug-likeness (QED) is 0.891. The number of fused-ring (bicyclic) bond motifs is 3. The Labute approximate surface area is 128 Å². The number of rotatable bonds is 2. The molecule has 2 nitrogen and oxygen atoms in total. The number of ether oxygens (including phenoxy) is 1. The topological polar surface area (TPSA) is 29.5 Å². The molecule has 21 heavy (non-hydrogen) atoms. The molecule has 1 aromatic rings. The summed E-state index contributed by atoms with van der Waals surface area (Å²) in [5.41, 5.74) is 4.46. The zero-order chi connectivity index (χ0) is 15.3. The molecule has 0 radical (unpaired) electrons. The van der Waals surface area contributed by atoms with Crippen molar-refractivity contribution in [2.24, 2.45) is 11.3 Å². The molecule has 2 aliphatic carbocycles. The van der Waals surface area contributed by atoms with Gasteiger partial charge in [-0.1, -0.05) is 26.3 Å². The SMILES string of the molecule is COc1cc2c(cc1C)CC[C@@H]1C2(C)CCC[C@]1(C)CO. The summed E-state index contributed by atoms with van der Waals surface area (Å²) < 4.78 is 5.56. The molecule has 1 unspecified atom stereocenters. The van der Waals surface area contributed by atoms with Gasteiger partial charge in [-0.2, -0.15) is 0 Å². The van der Waals surface area contributed by atoms with Crippen LogP contribution in [0.5, 0.6) is 5.75 Å². The molecule has 2 heteroatoms. The highest BCUT2D eigenvalue weighted by atomic mass is 16.5. The van der Waals surface area contributed by atoms with Gasteiger partial charge in [-0.15, -0.1) is 0 Å². The Morgan fingerprint density at radius 3 is 2.71 bits per heavy atom. The van der Waals surface area contributed by atoms with Crippen LogP contribution in [0.3, 0.4) is 0 Å². The van der Waals surface area contributed by atoms with Gasteiger partial charge in [-0.3, -0.25) is 0 Å². The third-order valence-electron chi connectivity index (χ3n) is 6.35. The number of aryl methyl sites for hydroxylation is 2. The fourth-order valence-corrected chi connectivity index (χ4v) is 5.16. The van der Waals surface area contributed by atoms with Gasteiger partial charge in [0.05, 0.1) is 7.11 Å². The fourth-order valence-electron chi connectivity index (χ4n) is 5.16. The molecule has 0 saturated heterocycles. The van der Waals surface area contributed by atoms with Crippen LogP contribution in [0, 0.1) is 18.3 Å². The maximum atomic E-state index is 9.97. The van der Waals surface area contributed by atoms with Crippen LogP contribution in [0.15, 0.2) is 12.1 Å². The van der Waals surface area contributed by atoms with Crippen LogP contribution in [0.4, 0.5) is 0 Å². The Morgan fingerprint density at radius 2 is 2.05 bits per heavy atom. The van der Waals surface area contributed by atoms with Gasteiger partial charge in [-0.25, -0.2) is 0 Å². The first-order valence-electron chi connectivity index (χ1n) is 8.23. The minimum atomic E-state index is 0.0722. The van der Waals surface area contributed by atoms with Crippen molar-refractivity contribution in [3.8, 4) is 5.75 Å². The lowest BCUT2D eigenvalue weighted by Crippen LogP contribution is -2.50. The van der Waals surface area contributed by atoms with Crippen molar-refractivity contribution in [3.63, 3.8) is 0 Å². The first-order chi connectivity index (χ1) is 9.94. The first kappa shape index (κ1) is 14.9. The molecule has 0 heterocycles. The summed E-state index contributed by atoms with van der Waals surface area (Å²) in [5, 5.41) is 9.97. The Kier molecular flexibility index (Phi) is 3.56. The van der Waals surface area contributed by atoms with Crippen LogP contribution >= 0.6 is 0 Å². The smallest absolute Gasteiger partial charge is 0.122 e. The third kappa shape index (κ3) is 2.11. The predicted molar refractivity (Wildman–Crippen MR) is 85.9 cm³/mol. The van der Waals surface area contributed by atoms with Gasteiger partial charge in [-0.05, 0) is 72.1 Å². The van der Waals surface area contributed by atoms with E-state index in [0.29, 0.717) is 12.5 Å². The van der Waals surface area contributed by atoms with Crippen molar-refractivity contribution in [1.82, 2.24) is 0 Å². The lowest BCUT2D eigenvalue weighted by atomic mass is 9.50. The minimum Gasteiger partial charge on any atom is -0.496 e. The second kappa shape index (κ2) is 5.01. The summed E-state index contributed by atoms with van der Waals surface area (Å²) in [6.45, 7) is 7.14. The van der Waals surface area contributed by atoms with E-state index in [9.17, 15) is 5.11 Å². The van der Waals surface area contributed by atoms with Crippen molar-refractivity contribution < 1.29 is 9.84 Å². The number of hydrogen-bond donors (Lipinski definition) is 1. The maximum Gasteiger partial charge on any atom is 0.122 e. The van der Waals surface area contributed by atoms with E-state index in [1.165, 1.54) is 36.0 Å². The number of hydrogen-bond acceptors (Lipinski definition) is 2. The monoisotopic (exact) mass is 288 g/mol. The largest absolute Gasteiger partial charge is 0.496 e. The van der Waals surface area contributed by atoms with Crippen LogP contribution in [0.2, 0.25) is 0 Å². The van der Waals surface area contributed by atoms with Gasteiger partial charge in [0.2, 0.25) is 0 Å². The molecular formula is C19H28O2. The van der Waals surface area contributed by atoms with E-state index in [2.05, 4.69) is 32.9 Å². The van der Waals surface area contributed by atoms with Crippen molar-refractivity contribution in [3.05, 3.63) is 28.8 Å². The van der Waals surface area contributed by atoms with Crippen LogP contribution in [0.25, 0.3) is 0 Å². The van der Waals surface area contributed by atoms with Gasteiger partial charge in [0, 0.05) is 6.61 Å². The normalized spacial score (nSPS) is 35.0. The maximum absolute atomic E-state index is 9.97. The average Bonchev–Trinajstić information content (AvgIpc) is 2.46. The molecule has 3 rings (SSSR count). The molecule has 1 aromatic carbocycles. The zero-order valence-electron chi connectivity index (χ0n) is 13.8. The predicted octanol–water partition coefficient (Wildman–Crippen LogP) is 4.01. The summed E-state index contributed by atoms with van der Waals surface area (Å²) in [6.07, 6.45) is 5.93. The van der Waals surface area contributed by atoms with Crippen molar-refractivity contribution >= 4 is 0 Å². The number of aliphatic hydroxyl groups is 1. The Balaban J connectivity index is 2.12. The van der Waals surface area contributed by atoms with E-state index >= 15 is 0 Å². The minimum absolute atomic E-state index is 0.0722. The second-order valence-corrected chi connectivity index (χ2v) is 7.65. The van der Waals surface area contributed by atoms with Gasteiger partial charge in [0.15, 0.2) is 0 Å². The van der Waals surface area contributed by atoms with Crippen LogP contribution in [0.1, 0.15) is 56.2 Å². The van der Waals surface area contributed by atoms with Gasteiger partial charge >= 0.3 is 0 Å². The van der Waals surface area contributed by atoms with E-state index in [4.69, 9.17) is 4.74 Å². The van der Waals surface area contributed by atoms with E-state index in [-0.39, 0.29) is 10.8 Å². The number of benzene rings is 1. The fraction of sp³-hybridized carbons (Fsp3) is 0.684. The highest BCUT2D eigenvalue weighted by molar-refractivity contribution is 5.47. The molecular weight excluding hydrogens is 260 g/mol. The van der Waals surface area contributed by atoms with Gasteiger partial charge in [0.25, 0.3) is 0 Å². The molecule has 0 bridgehead atoms. The molecule has 0 amide bonds. The van der Waals surface area contributed by atoms with Crippen molar-refractivity contribution in [2.75, 3.05) is 13.7 Å². The number of methoxy groups -OCH3 is 1. The van der Waals surface area contributed by atoms with E-state index < -0.39 is 0 Å². The Bertz CT molecular complexity index is 551. The van der Waals surface area contributed by atoms with E-state index in [0.717, 1.165) is 18.6 Å². The van der Waals surface area contributed by atoms with E-state index in [1.807, 2.05) is 0 Å². The standard InChI is InChI=1S/C19H28O2/c1-13-10-14-6-7-17-18(2,12-20)8-5-9-19(17,3)15(14)11-16(13)21-4/h10-11,17,20H,5-9,12H2,1-4H3/t17-,18+,19?/m0/s1. The highest BCUT2D eigenvalue weighted by Crippen LogP contribution is 2.57. The molecule has 0 aromatic heterocycles. The summed E-state index contributed by atoms with van der Waals surface area (Å²) in [7, 11) is 1.76. The Morgan fingerprint density at radius 1 is 1.29 bits per heavy atom. The van der Waals surface area contributed by atoms with Crippen molar-refractivity contribution in [2.45, 2.75) is 58.3 Å². The second-order valence-electron chi connectivity index (χ2n) is 7.65. The third-order valence-corrected chi connectivity index (χ3v) is 6.35. The molecule has 1 saturated carbocycles. The van der Waals surface area contributed by atoms with Gasteiger partial charge < -0.3 is 9.84 Å². The van der Waals surface area contributed by atoms with Gasteiger partial charge in [0.1, 0.15) is 5.75 Å². The summed E-state index contributed by atoms with van der Waals surface area (Å²) in [4.78, 5) is 0. The van der Waals surface area contributed by atoms with Crippen LogP contribution < -0.4 is 4.74 Å². The van der Waals surface area contributed by atoms with Crippen LogP contribution in [-0.2, 0) is 11.8 Å². The molecule has 116 valence electrons. The number of aliphatic hydroxyl groups excluding tert-OH is 1. The first-order valence-corrected chi connectivity index (χ1v) is 8.23. The average molecular weight is 288 g/mol. The highest BCUT2D eigenvalue weighted by Gasteiger charge is 2.51. The lowest BCUT2D eigenvalue weighted by molar-refractivity contribution is -0.0179. The molecule has 2 aliphatic rings. The summed E-state index contributed by atoms with van der Waals surface area (Å²) in [6, 6.07) is 4.60. The summed E-state index contributed by atoms with van der Waals surface area (Å²) in [5.74, 6) is 1.58. The zero-order valence-corrected chi connectivity index (χ0v) is 13.8. The molecule has 0 aliphatic heterocycles. The van der Waals surface area contributed by atoms with E-state index in [1.54, 1.807) is 7.11 Å². The molecule has 1 fully saturated rings. The Hall–Kier alpha value is -1.02. The summed E-state index contributed by atoms with van der Waals surface area (Å²) >= 11 is 0. The molecule has 1 N–H and O–H groups in total. The lowest BCUT2D eigenvalue weighted by Gasteiger charge is -2.55. The van der Waals surface area contributed by atoms with Crippen molar-refractivity contribution in [1.29, 1.82) is 0 Å². The molecule has 3 atom stereocenters. The molecule has 0 spiro atoms. The van der Waals surface area contributed by atoms with Crippen LogP contribution in [-0.4, -0.2) is 18.8 Å².